The second-order valence-electron chi connectivity index (χ2n) is 4.31. The zero-order valence-corrected chi connectivity index (χ0v) is 10.6. The number of aromatic nitrogens is 6. The van der Waals surface area contributed by atoms with Crippen molar-refractivity contribution in [3.05, 3.63) is 60.7 Å². The number of nitrogens with zero attached hydrogens (tertiary/aromatic N) is 6. The first-order valence-corrected chi connectivity index (χ1v) is 6.10. The van der Waals surface area contributed by atoms with Crippen LogP contribution in [0.1, 0.15) is 24.4 Å². The van der Waals surface area contributed by atoms with Crippen LogP contribution in [0.25, 0.3) is 0 Å². The van der Waals surface area contributed by atoms with Crippen molar-refractivity contribution >= 4 is 0 Å². The zero-order valence-electron chi connectivity index (χ0n) is 10.6. The van der Waals surface area contributed by atoms with Crippen molar-refractivity contribution in [1.29, 1.82) is 0 Å². The Bertz CT molecular complexity index is 628. The van der Waals surface area contributed by atoms with Crippen molar-refractivity contribution in [1.82, 2.24) is 29.5 Å². The van der Waals surface area contributed by atoms with E-state index < -0.39 is 0 Å². The minimum atomic E-state index is 0.00807. The number of hydrogen-bond donors (Lipinski definition) is 0. The molecule has 2 aromatic heterocycles. The van der Waals surface area contributed by atoms with Crippen molar-refractivity contribution in [2.24, 2.45) is 0 Å². The van der Waals surface area contributed by atoms with E-state index in [9.17, 15) is 0 Å². The van der Waals surface area contributed by atoms with E-state index >= 15 is 0 Å². The molecule has 0 fully saturated rings. The van der Waals surface area contributed by atoms with Gasteiger partial charge in [0.1, 0.15) is 25.0 Å². The minimum Gasteiger partial charge on any atom is -0.244 e. The van der Waals surface area contributed by atoms with Crippen LogP contribution in [0.5, 0.6) is 0 Å². The van der Waals surface area contributed by atoms with Crippen LogP contribution in [0.3, 0.4) is 0 Å². The van der Waals surface area contributed by atoms with Gasteiger partial charge in [0.2, 0.25) is 0 Å². The summed E-state index contributed by atoms with van der Waals surface area (Å²) in [6.07, 6.45) is 4.78. The third kappa shape index (κ3) is 2.37. The molecule has 1 atom stereocenters. The van der Waals surface area contributed by atoms with Gasteiger partial charge in [-0.2, -0.15) is 10.2 Å². The molecule has 0 amide bonds. The Labute approximate surface area is 110 Å². The lowest BCUT2D eigenvalue weighted by atomic mass is 10.2. The van der Waals surface area contributed by atoms with Crippen LogP contribution in [-0.4, -0.2) is 29.5 Å². The average molecular weight is 254 g/mol. The van der Waals surface area contributed by atoms with Crippen molar-refractivity contribution in [3.63, 3.8) is 0 Å². The van der Waals surface area contributed by atoms with E-state index in [1.807, 2.05) is 29.8 Å². The Balaban J connectivity index is 1.87. The largest absolute Gasteiger partial charge is 0.244 e. The maximum absolute atomic E-state index is 4.33. The first kappa shape index (κ1) is 11.6. The Morgan fingerprint density at radius 1 is 1.11 bits per heavy atom. The van der Waals surface area contributed by atoms with Crippen molar-refractivity contribution < 1.29 is 0 Å². The summed E-state index contributed by atoms with van der Waals surface area (Å²) in [5.74, 6) is 0.870. The first-order valence-electron chi connectivity index (χ1n) is 6.10. The number of rotatable bonds is 4. The molecule has 1 aromatic carbocycles. The van der Waals surface area contributed by atoms with Gasteiger partial charge in [0.25, 0.3) is 0 Å². The van der Waals surface area contributed by atoms with Gasteiger partial charge < -0.3 is 0 Å². The molecule has 3 aromatic rings. The van der Waals surface area contributed by atoms with Gasteiger partial charge in [-0.05, 0) is 12.5 Å². The maximum atomic E-state index is 4.33. The van der Waals surface area contributed by atoms with Crippen LogP contribution in [0, 0.1) is 0 Å². The molecule has 0 aliphatic carbocycles. The topological polar surface area (TPSA) is 61.4 Å². The molecule has 0 radical (unpaired) electrons. The molecular formula is C13H14N6. The molecule has 0 bridgehead atoms. The van der Waals surface area contributed by atoms with E-state index in [0.717, 1.165) is 5.82 Å². The Morgan fingerprint density at radius 3 is 2.68 bits per heavy atom. The van der Waals surface area contributed by atoms with Crippen molar-refractivity contribution in [3.8, 4) is 0 Å². The summed E-state index contributed by atoms with van der Waals surface area (Å²) in [5.41, 5.74) is 1.19. The summed E-state index contributed by atoms with van der Waals surface area (Å²) in [6.45, 7) is 2.73. The van der Waals surface area contributed by atoms with E-state index in [2.05, 4.69) is 32.3 Å². The molecule has 96 valence electrons. The molecule has 6 nitrogen and oxygen atoms in total. The highest BCUT2D eigenvalue weighted by molar-refractivity contribution is 5.15. The van der Waals surface area contributed by atoms with Crippen molar-refractivity contribution in [2.75, 3.05) is 0 Å². The third-order valence-corrected chi connectivity index (χ3v) is 3.03. The highest BCUT2D eigenvalue weighted by atomic mass is 15.4. The van der Waals surface area contributed by atoms with Crippen LogP contribution in [0.15, 0.2) is 49.3 Å². The van der Waals surface area contributed by atoms with Crippen LogP contribution in [0.4, 0.5) is 0 Å². The van der Waals surface area contributed by atoms with E-state index in [1.54, 1.807) is 17.3 Å². The lowest BCUT2D eigenvalue weighted by Gasteiger charge is -2.12. The molecule has 2 heterocycles. The quantitative estimate of drug-likeness (QED) is 0.708. The monoisotopic (exact) mass is 254 g/mol. The standard InChI is InChI=1S/C13H14N6/c1-11(19-10-14-8-16-19)13-15-9-17-18(13)7-12-5-3-2-4-6-12/h2-6,8-11H,7H2,1H3. The van der Waals surface area contributed by atoms with Gasteiger partial charge in [-0.15, -0.1) is 0 Å². The van der Waals surface area contributed by atoms with Gasteiger partial charge in [0.05, 0.1) is 6.54 Å². The summed E-state index contributed by atoms with van der Waals surface area (Å²) in [5, 5.41) is 8.43. The van der Waals surface area contributed by atoms with Crippen LogP contribution < -0.4 is 0 Å². The third-order valence-electron chi connectivity index (χ3n) is 3.03. The molecule has 0 saturated heterocycles. The normalized spacial score (nSPS) is 12.5. The smallest absolute Gasteiger partial charge is 0.151 e. The predicted molar refractivity (Wildman–Crippen MR) is 69.4 cm³/mol. The number of hydrogen-bond acceptors (Lipinski definition) is 4. The predicted octanol–water partition coefficient (Wildman–Crippen LogP) is 1.53. The summed E-state index contributed by atoms with van der Waals surface area (Å²) in [6, 6.07) is 10.2. The Kier molecular flexibility index (Phi) is 3.06. The van der Waals surface area contributed by atoms with Crippen LogP contribution in [-0.2, 0) is 6.54 Å². The summed E-state index contributed by atoms with van der Waals surface area (Å²) < 4.78 is 3.66. The molecule has 0 aliphatic heterocycles. The summed E-state index contributed by atoms with van der Waals surface area (Å²) in [7, 11) is 0. The van der Waals surface area contributed by atoms with Gasteiger partial charge in [0.15, 0.2) is 5.82 Å². The lowest BCUT2D eigenvalue weighted by Crippen LogP contribution is -2.15. The molecule has 3 rings (SSSR count). The van der Waals surface area contributed by atoms with Gasteiger partial charge in [-0.25, -0.2) is 19.3 Å². The highest BCUT2D eigenvalue weighted by Gasteiger charge is 2.15. The Hall–Kier alpha value is -2.50. The second kappa shape index (κ2) is 5.01. The molecule has 0 aliphatic rings. The fourth-order valence-electron chi connectivity index (χ4n) is 2.01. The van der Waals surface area contributed by atoms with Gasteiger partial charge in [0, 0.05) is 0 Å². The van der Waals surface area contributed by atoms with E-state index in [-0.39, 0.29) is 6.04 Å². The average Bonchev–Trinajstić information content (AvgIpc) is 3.10. The molecule has 0 spiro atoms. The van der Waals surface area contributed by atoms with E-state index in [4.69, 9.17) is 0 Å². The van der Waals surface area contributed by atoms with E-state index in [0.29, 0.717) is 6.54 Å². The molecular weight excluding hydrogens is 240 g/mol. The fourth-order valence-corrected chi connectivity index (χ4v) is 2.01. The second-order valence-corrected chi connectivity index (χ2v) is 4.31. The highest BCUT2D eigenvalue weighted by Crippen LogP contribution is 2.14. The van der Waals surface area contributed by atoms with Gasteiger partial charge in [-0.3, -0.25) is 0 Å². The Morgan fingerprint density at radius 2 is 1.95 bits per heavy atom. The summed E-state index contributed by atoms with van der Waals surface area (Å²) in [4.78, 5) is 8.29. The SMILES string of the molecule is CC(c1ncnn1Cc1ccccc1)n1cncn1. The van der Waals surface area contributed by atoms with Crippen molar-refractivity contribution in [2.45, 2.75) is 19.5 Å². The van der Waals surface area contributed by atoms with Gasteiger partial charge >= 0.3 is 0 Å². The lowest BCUT2D eigenvalue weighted by molar-refractivity contribution is 0.495. The molecule has 6 heteroatoms. The molecule has 1 unspecified atom stereocenters. The minimum absolute atomic E-state index is 0.00807. The maximum Gasteiger partial charge on any atom is 0.151 e. The van der Waals surface area contributed by atoms with Crippen LogP contribution in [0.2, 0.25) is 0 Å². The van der Waals surface area contributed by atoms with E-state index in [1.165, 1.54) is 11.9 Å². The number of benzene rings is 1. The fraction of sp³-hybridized carbons (Fsp3) is 0.231. The molecule has 19 heavy (non-hydrogen) atoms. The molecule has 0 saturated carbocycles. The first-order chi connectivity index (χ1) is 9.34. The zero-order chi connectivity index (χ0) is 13.1. The molecule has 0 N–H and O–H groups in total. The summed E-state index contributed by atoms with van der Waals surface area (Å²) >= 11 is 0. The van der Waals surface area contributed by atoms with Gasteiger partial charge in [-0.1, -0.05) is 30.3 Å². The van der Waals surface area contributed by atoms with Crippen LogP contribution >= 0.6 is 0 Å².